The van der Waals surface area contributed by atoms with Gasteiger partial charge in [-0.3, -0.25) is 24.5 Å². The molecule has 0 saturated carbocycles. The fourth-order valence-corrected chi connectivity index (χ4v) is 10.00. The predicted molar refractivity (Wildman–Crippen MR) is 265 cm³/mol. The van der Waals surface area contributed by atoms with Crippen LogP contribution in [0.25, 0.3) is 17.0 Å². The first-order valence-electron chi connectivity index (χ1n) is 22.0. The van der Waals surface area contributed by atoms with Crippen molar-refractivity contribution in [3.05, 3.63) is 155 Å². The Morgan fingerprint density at radius 2 is 1.38 bits per heavy atom. The Hall–Kier alpha value is -5.66. The highest BCUT2D eigenvalue weighted by Gasteiger charge is 2.26. The fraction of sp³-hybridized carbons (Fsp3) is 0.294. The zero-order valence-corrected chi connectivity index (χ0v) is 37.6. The molecule has 0 saturated heterocycles. The summed E-state index contributed by atoms with van der Waals surface area (Å²) in [6.45, 7) is 10.2. The van der Waals surface area contributed by atoms with E-state index >= 15 is 0 Å². The van der Waals surface area contributed by atoms with Crippen LogP contribution in [-0.4, -0.2) is 86.8 Å². The van der Waals surface area contributed by atoms with E-state index in [4.69, 9.17) is 5.73 Å². The Morgan fingerprint density at radius 1 is 0.762 bits per heavy atom. The third-order valence-corrected chi connectivity index (χ3v) is 13.2. The lowest BCUT2D eigenvalue weighted by molar-refractivity contribution is -0.121. The number of unbranched alkanes of at least 4 members (excludes halogenated alkanes) is 2. The van der Waals surface area contributed by atoms with Gasteiger partial charge in [-0.2, -0.15) is 0 Å². The highest BCUT2D eigenvalue weighted by Crippen LogP contribution is 2.48. The molecule has 10 nitrogen and oxygen atoms in total. The molecule has 4 N–H and O–H groups in total. The third-order valence-electron chi connectivity index (χ3n) is 11.0. The van der Waals surface area contributed by atoms with Gasteiger partial charge in [0.1, 0.15) is 0 Å². The van der Waals surface area contributed by atoms with Gasteiger partial charge >= 0.3 is 0 Å². The molecule has 0 radical (unpaired) electrons. The van der Waals surface area contributed by atoms with Gasteiger partial charge in [-0.1, -0.05) is 96.9 Å². The topological polar surface area (TPSA) is 119 Å². The minimum Gasteiger partial charge on any atom is -0.355 e. The van der Waals surface area contributed by atoms with Crippen molar-refractivity contribution in [1.82, 2.24) is 20.5 Å². The number of pyridine rings is 1. The molecule has 3 aliphatic rings. The number of para-hydroxylation sites is 3. The van der Waals surface area contributed by atoms with Crippen LogP contribution in [0, 0.1) is 0 Å². The number of rotatable bonds is 20. The summed E-state index contributed by atoms with van der Waals surface area (Å²) in [6.07, 6.45) is 22.5. The minimum atomic E-state index is 0.0514. The molecule has 3 aromatic carbocycles. The molecule has 3 aliphatic heterocycles. The number of aromatic nitrogens is 1. The van der Waals surface area contributed by atoms with Crippen LogP contribution >= 0.6 is 23.5 Å². The van der Waals surface area contributed by atoms with Crippen LogP contribution in [0.5, 0.6) is 0 Å². The van der Waals surface area contributed by atoms with Crippen molar-refractivity contribution in [1.29, 1.82) is 0 Å². The van der Waals surface area contributed by atoms with Crippen LogP contribution in [0.4, 0.5) is 11.4 Å². The molecule has 4 heterocycles. The smallest absolute Gasteiger partial charge is 0.220 e. The van der Waals surface area contributed by atoms with Gasteiger partial charge in [-0.05, 0) is 97.0 Å². The maximum absolute atomic E-state index is 12.9. The zero-order chi connectivity index (χ0) is 43.6. The van der Waals surface area contributed by atoms with E-state index in [-0.39, 0.29) is 11.8 Å². The SMILES string of the molecule is C=C1/C=C\C=C/CN=C/C=C1/C=C1\Sc2ccccc2N1CCCCC(=O)NCCN(CCN)CCNC(=O)CCCCN1/C(=C/c2ccnc3ccccc23)Sc2ccccc21. The monoisotopic (exact) mass is 878 g/mol. The van der Waals surface area contributed by atoms with Gasteiger partial charge in [0, 0.05) is 92.8 Å². The number of hydrogen-bond donors (Lipinski definition) is 3. The van der Waals surface area contributed by atoms with E-state index < -0.39 is 0 Å². The summed E-state index contributed by atoms with van der Waals surface area (Å²) < 4.78 is 0. The van der Waals surface area contributed by atoms with Gasteiger partial charge in [0.05, 0.1) is 33.5 Å². The molecule has 63 heavy (non-hydrogen) atoms. The molecule has 7 rings (SSSR count). The molecule has 1 aromatic heterocycles. The number of benzene rings is 3. The third kappa shape index (κ3) is 13.0. The van der Waals surface area contributed by atoms with Crippen molar-refractivity contribution < 1.29 is 9.59 Å². The summed E-state index contributed by atoms with van der Waals surface area (Å²) >= 11 is 3.55. The molecule has 0 bridgehead atoms. The average Bonchev–Trinajstić information content (AvgIpc) is 3.83. The Kier molecular flexibility index (Phi) is 17.1. The number of thioether (sulfide) groups is 2. The van der Waals surface area contributed by atoms with Gasteiger partial charge in [0.15, 0.2) is 0 Å². The number of nitrogens with two attached hydrogens (primary N) is 1. The Labute approximate surface area is 380 Å². The molecule has 2 amide bonds. The molecule has 0 aliphatic carbocycles. The van der Waals surface area contributed by atoms with E-state index in [9.17, 15) is 9.59 Å². The van der Waals surface area contributed by atoms with Gasteiger partial charge in [-0.15, -0.1) is 0 Å². The maximum Gasteiger partial charge on any atom is 0.220 e. The van der Waals surface area contributed by atoms with Gasteiger partial charge < -0.3 is 26.2 Å². The van der Waals surface area contributed by atoms with Crippen LogP contribution in [0.2, 0.25) is 0 Å². The number of nitrogens with one attached hydrogen (secondary N) is 2. The van der Waals surface area contributed by atoms with Crippen LogP contribution in [0.3, 0.4) is 0 Å². The number of fused-ring (bicyclic) bond motifs is 3. The standard InChI is InChI=1S/C51H58N8O2S2/c1-39-15-3-2-12-27-53-28-24-40(39)37-50-58(44-18-6-8-20-46(44)62-50)32-13-10-22-48(60)55-30-35-57(34-26-52)36-31-56-49(61)23-11-14-33-59-45-19-7-9-21-47(45)63-51(59)38-41-25-29-54-43-17-5-4-16-42(41)43/h2-9,12,15-21,24-25,28-29,37-38H,1,10-11,13-14,22-23,26-27,30-36,52H2,(H,55,60)(H,56,61)/b12-2-,15-3-,40-24-,50-37-,51-38-,53-28?. The number of allylic oxidation sites excluding steroid dienone is 7. The lowest BCUT2D eigenvalue weighted by Gasteiger charge is -2.22. The molecule has 12 heteroatoms. The van der Waals surface area contributed by atoms with Gasteiger partial charge in [0.2, 0.25) is 11.8 Å². The first-order chi connectivity index (χ1) is 31.0. The molecular weight excluding hydrogens is 821 g/mol. The number of aliphatic imine (C=N–C) groups is 1. The van der Waals surface area contributed by atoms with Crippen molar-refractivity contribution in [2.45, 2.75) is 48.3 Å². The zero-order valence-electron chi connectivity index (χ0n) is 36.0. The van der Waals surface area contributed by atoms with Crippen molar-refractivity contribution in [2.24, 2.45) is 10.7 Å². The second-order valence-electron chi connectivity index (χ2n) is 15.5. The van der Waals surface area contributed by atoms with E-state index in [1.165, 1.54) is 26.2 Å². The quantitative estimate of drug-likeness (QED) is 0.0748. The number of carbonyl (C=O) groups excluding carboxylic acids is 2. The van der Waals surface area contributed by atoms with Crippen molar-refractivity contribution >= 4 is 69.9 Å². The lowest BCUT2D eigenvalue weighted by atomic mass is 10.1. The molecule has 0 unspecified atom stereocenters. The maximum atomic E-state index is 12.9. The molecule has 4 aromatic rings. The van der Waals surface area contributed by atoms with Crippen LogP contribution in [0.15, 0.2) is 164 Å². The summed E-state index contributed by atoms with van der Waals surface area (Å²) in [5.74, 6) is 0.109. The predicted octanol–water partition coefficient (Wildman–Crippen LogP) is 9.11. The number of amides is 2. The molecule has 0 atom stereocenters. The summed E-state index contributed by atoms with van der Waals surface area (Å²) in [4.78, 5) is 44.1. The van der Waals surface area contributed by atoms with Crippen molar-refractivity contribution in [2.75, 3.05) is 68.7 Å². The highest BCUT2D eigenvalue weighted by atomic mass is 32.2. The normalized spacial score (nSPS) is 17.8. The Balaban J connectivity index is 0.804. The van der Waals surface area contributed by atoms with E-state index in [0.717, 1.165) is 71.4 Å². The fourth-order valence-electron chi connectivity index (χ4n) is 7.71. The lowest BCUT2D eigenvalue weighted by Crippen LogP contribution is -2.41. The van der Waals surface area contributed by atoms with Crippen LogP contribution < -0.4 is 26.2 Å². The summed E-state index contributed by atoms with van der Waals surface area (Å²) in [5.41, 5.74) is 12.4. The second-order valence-corrected chi connectivity index (χ2v) is 17.6. The van der Waals surface area contributed by atoms with Gasteiger partial charge in [-0.25, -0.2) is 0 Å². The van der Waals surface area contributed by atoms with Crippen LogP contribution in [-0.2, 0) is 9.59 Å². The molecular formula is C51H58N8O2S2. The number of anilines is 2. The molecule has 326 valence electrons. The molecule has 0 fully saturated rings. The summed E-state index contributed by atoms with van der Waals surface area (Å²) in [7, 11) is 0. The Morgan fingerprint density at radius 3 is 2.05 bits per heavy atom. The van der Waals surface area contributed by atoms with E-state index in [1.807, 2.05) is 54.9 Å². The van der Waals surface area contributed by atoms with Crippen LogP contribution in [0.1, 0.15) is 44.1 Å². The molecule has 0 spiro atoms. The summed E-state index contributed by atoms with van der Waals surface area (Å²) in [6, 6.07) is 27.3. The number of hydrogen-bond acceptors (Lipinski definition) is 10. The van der Waals surface area contributed by atoms with Crippen molar-refractivity contribution in [3.63, 3.8) is 0 Å². The first kappa shape index (κ1) is 45.4. The number of carbonyl (C=O) groups is 2. The van der Waals surface area contributed by atoms with E-state index in [1.54, 1.807) is 23.5 Å². The summed E-state index contributed by atoms with van der Waals surface area (Å²) in [5, 5.41) is 9.66. The average molecular weight is 879 g/mol. The first-order valence-corrected chi connectivity index (χ1v) is 23.6. The number of nitrogens with zero attached hydrogens (tertiary/aromatic N) is 5. The minimum absolute atomic E-state index is 0.0514. The van der Waals surface area contributed by atoms with E-state index in [2.05, 4.69) is 121 Å². The highest BCUT2D eigenvalue weighted by molar-refractivity contribution is 8.04. The largest absolute Gasteiger partial charge is 0.355 e. The van der Waals surface area contributed by atoms with E-state index in [0.29, 0.717) is 58.7 Å². The Bertz CT molecular complexity index is 2420. The second kappa shape index (κ2) is 23.7. The van der Waals surface area contributed by atoms with Gasteiger partial charge in [0.25, 0.3) is 0 Å². The van der Waals surface area contributed by atoms with Crippen molar-refractivity contribution in [3.8, 4) is 0 Å².